The summed E-state index contributed by atoms with van der Waals surface area (Å²) in [4.78, 5) is 0. The van der Waals surface area contributed by atoms with Crippen molar-refractivity contribution in [2.45, 2.75) is 77.3 Å². The van der Waals surface area contributed by atoms with E-state index in [-0.39, 0.29) is 0 Å². The van der Waals surface area contributed by atoms with Gasteiger partial charge in [-0.25, -0.2) is 0 Å². The van der Waals surface area contributed by atoms with E-state index in [4.69, 9.17) is 4.12 Å². The molecule has 0 saturated heterocycles. The van der Waals surface area contributed by atoms with Gasteiger partial charge in [-0.2, -0.15) is 0 Å². The minimum atomic E-state index is -0.603. The number of rotatable bonds is 10. The molecule has 15 heavy (non-hydrogen) atoms. The highest BCUT2D eigenvalue weighted by Crippen LogP contribution is 2.25. The molecule has 0 spiro atoms. The van der Waals surface area contributed by atoms with Gasteiger partial charge in [-0.15, -0.1) is 0 Å². The van der Waals surface area contributed by atoms with Crippen LogP contribution in [0.25, 0.3) is 0 Å². The van der Waals surface area contributed by atoms with Crippen LogP contribution in [0.15, 0.2) is 0 Å². The van der Waals surface area contributed by atoms with E-state index >= 15 is 0 Å². The highest BCUT2D eigenvalue weighted by molar-refractivity contribution is 6.57. The van der Waals surface area contributed by atoms with E-state index in [0.717, 1.165) is 5.54 Å². The van der Waals surface area contributed by atoms with Crippen LogP contribution in [-0.4, -0.2) is 19.5 Å². The molecular formula is C12H26OSi2. The van der Waals surface area contributed by atoms with Gasteiger partial charge in [-0.3, -0.25) is 0 Å². The van der Waals surface area contributed by atoms with Crippen LogP contribution in [0.1, 0.15) is 65.7 Å². The fraction of sp³-hybridized carbons (Fsp3) is 1.00. The van der Waals surface area contributed by atoms with Crippen molar-refractivity contribution in [2.75, 3.05) is 0 Å². The Morgan fingerprint density at radius 1 is 1.07 bits per heavy atom. The summed E-state index contributed by atoms with van der Waals surface area (Å²) in [6, 6.07) is 1.31. The minimum absolute atomic E-state index is 0.603. The van der Waals surface area contributed by atoms with Gasteiger partial charge in [0.25, 0.3) is 0 Å². The fourth-order valence-corrected chi connectivity index (χ4v) is 5.15. The lowest BCUT2D eigenvalue weighted by molar-refractivity contribution is 0.548. The Labute approximate surface area is 101 Å². The molecule has 0 N–H and O–H groups in total. The molecule has 0 amide bonds. The van der Waals surface area contributed by atoms with Gasteiger partial charge in [0.15, 0.2) is 0 Å². The summed E-state index contributed by atoms with van der Waals surface area (Å²) >= 11 is 0. The first-order valence-electron chi connectivity index (χ1n) is 6.49. The minimum Gasteiger partial charge on any atom is -0.457 e. The molecule has 0 aliphatic carbocycles. The zero-order valence-corrected chi connectivity index (χ0v) is 12.6. The van der Waals surface area contributed by atoms with Gasteiger partial charge in [0, 0.05) is 0 Å². The first-order valence-corrected chi connectivity index (χ1v) is 8.59. The lowest BCUT2D eigenvalue weighted by Crippen LogP contribution is -2.23. The summed E-state index contributed by atoms with van der Waals surface area (Å²) in [5, 5.41) is 0. The van der Waals surface area contributed by atoms with Crippen LogP contribution in [-0.2, 0) is 4.12 Å². The van der Waals surface area contributed by atoms with Gasteiger partial charge in [-0.05, 0) is 11.6 Å². The molecule has 4 radical (unpaired) electrons. The molecule has 0 rings (SSSR count). The Balaban J connectivity index is 3.76. The lowest BCUT2D eigenvalue weighted by atomic mass is 10.2. The van der Waals surface area contributed by atoms with Crippen LogP contribution in [0.3, 0.4) is 0 Å². The molecule has 0 aliphatic rings. The third kappa shape index (κ3) is 7.31. The second kappa shape index (κ2) is 10.9. The molecule has 0 aromatic carbocycles. The highest BCUT2D eigenvalue weighted by Gasteiger charge is 2.21. The second-order valence-corrected chi connectivity index (χ2v) is 7.34. The lowest BCUT2D eigenvalue weighted by Gasteiger charge is -2.22. The van der Waals surface area contributed by atoms with Crippen molar-refractivity contribution >= 4 is 19.5 Å². The molecule has 1 atom stereocenters. The molecule has 0 aromatic rings. The summed E-state index contributed by atoms with van der Waals surface area (Å²) in [7, 11) is 2.69. The zero-order chi connectivity index (χ0) is 11.5. The Kier molecular flexibility index (Phi) is 11.2. The fourth-order valence-electron chi connectivity index (χ4n) is 2.01. The predicted octanol–water partition coefficient (Wildman–Crippen LogP) is 4.24. The Bertz CT molecular complexity index is 131. The number of hydrogen-bond acceptors (Lipinski definition) is 1. The molecule has 1 unspecified atom stereocenters. The third-order valence-electron chi connectivity index (χ3n) is 2.99. The average Bonchev–Trinajstić information content (AvgIpc) is 2.27. The van der Waals surface area contributed by atoms with Crippen molar-refractivity contribution in [3.8, 4) is 0 Å². The van der Waals surface area contributed by atoms with E-state index in [1.807, 2.05) is 0 Å². The van der Waals surface area contributed by atoms with Crippen molar-refractivity contribution in [1.29, 1.82) is 0 Å². The standard InChI is InChI=1S/C12H26OSi2/c1-4-7-8-9-11-15(13-14)12(6-3)10-5-2/h12H,4-11H2,1-3H3. The first-order chi connectivity index (χ1) is 7.29. The molecule has 0 aromatic heterocycles. The Hall–Kier alpha value is 0.394. The SMILES string of the molecule is CCCCCC[Si](O[Si])C(CC)CCC. The van der Waals surface area contributed by atoms with Gasteiger partial charge >= 0.3 is 0 Å². The van der Waals surface area contributed by atoms with Crippen LogP contribution in [0.5, 0.6) is 0 Å². The maximum absolute atomic E-state index is 5.54. The molecule has 0 fully saturated rings. The van der Waals surface area contributed by atoms with Gasteiger partial charge in [0.2, 0.25) is 19.5 Å². The Morgan fingerprint density at radius 2 is 1.80 bits per heavy atom. The molecular weight excluding hydrogens is 216 g/mol. The van der Waals surface area contributed by atoms with Crippen LogP contribution in [0, 0.1) is 0 Å². The molecule has 88 valence electrons. The van der Waals surface area contributed by atoms with Crippen molar-refractivity contribution < 1.29 is 4.12 Å². The summed E-state index contributed by atoms with van der Waals surface area (Å²) < 4.78 is 5.54. The van der Waals surface area contributed by atoms with Crippen molar-refractivity contribution in [1.82, 2.24) is 0 Å². The van der Waals surface area contributed by atoms with Gasteiger partial charge in [0.05, 0.1) is 0 Å². The van der Waals surface area contributed by atoms with Crippen LogP contribution in [0.4, 0.5) is 0 Å². The summed E-state index contributed by atoms with van der Waals surface area (Å²) in [5.74, 6) is 0. The van der Waals surface area contributed by atoms with E-state index in [9.17, 15) is 0 Å². The molecule has 3 heteroatoms. The van der Waals surface area contributed by atoms with E-state index in [0.29, 0.717) is 0 Å². The second-order valence-electron chi connectivity index (χ2n) is 4.27. The highest BCUT2D eigenvalue weighted by atomic mass is 28.3. The van der Waals surface area contributed by atoms with Gasteiger partial charge in [-0.1, -0.05) is 65.7 Å². The van der Waals surface area contributed by atoms with Crippen LogP contribution in [0.2, 0.25) is 11.6 Å². The normalized spacial score (nSPS) is 13.4. The van der Waals surface area contributed by atoms with Crippen molar-refractivity contribution in [2.24, 2.45) is 0 Å². The average molecular weight is 243 g/mol. The maximum atomic E-state index is 5.54. The first kappa shape index (κ1) is 15.4. The third-order valence-corrected chi connectivity index (χ3v) is 6.50. The monoisotopic (exact) mass is 242 g/mol. The van der Waals surface area contributed by atoms with Crippen LogP contribution < -0.4 is 0 Å². The van der Waals surface area contributed by atoms with Crippen molar-refractivity contribution in [3.63, 3.8) is 0 Å². The maximum Gasteiger partial charge on any atom is 0.229 e. The quantitative estimate of drug-likeness (QED) is 0.411. The molecule has 1 nitrogen and oxygen atoms in total. The molecule has 0 saturated carbocycles. The van der Waals surface area contributed by atoms with E-state index in [1.165, 1.54) is 51.0 Å². The van der Waals surface area contributed by atoms with Gasteiger partial charge < -0.3 is 4.12 Å². The van der Waals surface area contributed by atoms with E-state index in [1.54, 1.807) is 0 Å². The smallest absolute Gasteiger partial charge is 0.229 e. The number of unbranched alkanes of at least 4 members (excludes halogenated alkanes) is 3. The van der Waals surface area contributed by atoms with E-state index < -0.39 is 9.04 Å². The Morgan fingerprint density at radius 3 is 2.27 bits per heavy atom. The predicted molar refractivity (Wildman–Crippen MR) is 70.5 cm³/mol. The largest absolute Gasteiger partial charge is 0.457 e. The molecule has 0 heterocycles. The van der Waals surface area contributed by atoms with Crippen LogP contribution >= 0.6 is 0 Å². The van der Waals surface area contributed by atoms with Crippen molar-refractivity contribution in [3.05, 3.63) is 0 Å². The summed E-state index contributed by atoms with van der Waals surface area (Å²) in [5.41, 5.74) is 0.833. The topological polar surface area (TPSA) is 9.23 Å². The number of hydrogen-bond donors (Lipinski definition) is 0. The van der Waals surface area contributed by atoms with Gasteiger partial charge in [0.1, 0.15) is 0 Å². The van der Waals surface area contributed by atoms with E-state index in [2.05, 4.69) is 31.3 Å². The summed E-state index contributed by atoms with van der Waals surface area (Å²) in [6.45, 7) is 6.83. The molecule has 0 aliphatic heterocycles. The summed E-state index contributed by atoms with van der Waals surface area (Å²) in [6.07, 6.45) is 9.33. The zero-order valence-electron chi connectivity index (χ0n) is 10.6. The molecule has 0 bridgehead atoms.